The summed E-state index contributed by atoms with van der Waals surface area (Å²) in [5.74, 6) is 0.647. The maximum absolute atomic E-state index is 5.70. The lowest BCUT2D eigenvalue weighted by atomic mass is 10.0. The Morgan fingerprint density at radius 1 is 1.38 bits per heavy atom. The Morgan fingerprint density at radius 3 is 2.88 bits per heavy atom. The minimum Gasteiger partial charge on any atom is -0.381 e. The number of ether oxygens (including phenoxy) is 2. The van der Waals surface area contributed by atoms with Crippen molar-refractivity contribution in [2.24, 2.45) is 5.92 Å². The van der Waals surface area contributed by atoms with Crippen LogP contribution in [0.2, 0.25) is 5.15 Å². The summed E-state index contributed by atoms with van der Waals surface area (Å²) in [6.45, 7) is 3.17. The van der Waals surface area contributed by atoms with Crippen LogP contribution in [0.1, 0.15) is 18.4 Å². The number of pyridine rings is 1. The fraction of sp³-hybridized carbons (Fsp3) is 0.583. The van der Waals surface area contributed by atoms with Gasteiger partial charge >= 0.3 is 0 Å². The summed E-state index contributed by atoms with van der Waals surface area (Å²) >= 11 is 5.70. The third-order valence-corrected chi connectivity index (χ3v) is 2.98. The number of halogens is 1. The van der Waals surface area contributed by atoms with Gasteiger partial charge < -0.3 is 9.47 Å². The molecule has 1 saturated heterocycles. The van der Waals surface area contributed by atoms with Crippen molar-refractivity contribution < 1.29 is 9.47 Å². The van der Waals surface area contributed by atoms with Gasteiger partial charge in [0, 0.05) is 19.4 Å². The van der Waals surface area contributed by atoms with Crippen molar-refractivity contribution in [1.29, 1.82) is 0 Å². The Kier molecular flexibility index (Phi) is 4.57. The molecule has 0 atom stereocenters. The molecule has 3 nitrogen and oxygen atoms in total. The molecule has 0 radical (unpaired) electrons. The Hall–Kier alpha value is -0.640. The molecule has 0 aromatic carbocycles. The molecule has 0 spiro atoms. The molecule has 0 bridgehead atoms. The summed E-state index contributed by atoms with van der Waals surface area (Å²) in [6.07, 6.45) is 3.98. The summed E-state index contributed by atoms with van der Waals surface area (Å²) in [6, 6.07) is 3.73. The van der Waals surface area contributed by atoms with Crippen LogP contribution in [0, 0.1) is 5.92 Å². The van der Waals surface area contributed by atoms with Crippen LogP contribution in [-0.4, -0.2) is 24.8 Å². The Labute approximate surface area is 101 Å². The quantitative estimate of drug-likeness (QED) is 0.760. The SMILES string of the molecule is Clc1ccc(COCC2CCOCC2)cn1. The van der Waals surface area contributed by atoms with Gasteiger partial charge in [-0.1, -0.05) is 17.7 Å². The van der Waals surface area contributed by atoms with Crippen molar-refractivity contribution in [3.63, 3.8) is 0 Å². The zero-order chi connectivity index (χ0) is 11.2. The summed E-state index contributed by atoms with van der Waals surface area (Å²) in [5.41, 5.74) is 1.07. The second-order valence-electron chi connectivity index (χ2n) is 4.06. The Morgan fingerprint density at radius 2 is 2.19 bits per heavy atom. The molecule has 1 aromatic rings. The Bertz CT molecular complexity index is 309. The third kappa shape index (κ3) is 3.74. The first kappa shape index (κ1) is 11.8. The van der Waals surface area contributed by atoms with E-state index in [1.165, 1.54) is 0 Å². The molecule has 0 amide bonds. The standard InChI is InChI=1S/C12H16ClNO2/c13-12-2-1-11(7-14-12)9-16-8-10-3-5-15-6-4-10/h1-2,7,10H,3-6,8-9H2. The first-order valence-electron chi connectivity index (χ1n) is 5.60. The molecule has 0 saturated carbocycles. The molecule has 16 heavy (non-hydrogen) atoms. The maximum atomic E-state index is 5.70. The van der Waals surface area contributed by atoms with E-state index in [0.29, 0.717) is 17.7 Å². The highest BCUT2D eigenvalue weighted by Gasteiger charge is 2.13. The van der Waals surface area contributed by atoms with Crippen LogP contribution >= 0.6 is 11.6 Å². The van der Waals surface area contributed by atoms with Crippen molar-refractivity contribution in [2.45, 2.75) is 19.4 Å². The summed E-state index contributed by atoms with van der Waals surface area (Å²) in [5, 5.41) is 0.521. The molecule has 2 heterocycles. The second kappa shape index (κ2) is 6.18. The Balaban J connectivity index is 1.69. The van der Waals surface area contributed by atoms with Gasteiger partial charge in [-0.25, -0.2) is 4.98 Å². The molecule has 0 aliphatic carbocycles. The lowest BCUT2D eigenvalue weighted by Crippen LogP contribution is -2.20. The van der Waals surface area contributed by atoms with Gasteiger partial charge in [0.15, 0.2) is 0 Å². The molecule has 0 unspecified atom stereocenters. The van der Waals surface area contributed by atoms with Gasteiger partial charge in [-0.05, 0) is 30.4 Å². The molecule has 88 valence electrons. The first-order chi connectivity index (χ1) is 7.84. The van der Waals surface area contributed by atoms with Crippen molar-refractivity contribution >= 4 is 11.6 Å². The van der Waals surface area contributed by atoms with Crippen molar-refractivity contribution in [1.82, 2.24) is 4.98 Å². The number of hydrogen-bond donors (Lipinski definition) is 0. The summed E-state index contributed by atoms with van der Waals surface area (Å²) < 4.78 is 11.0. The van der Waals surface area contributed by atoms with Crippen molar-refractivity contribution in [2.75, 3.05) is 19.8 Å². The number of rotatable bonds is 4. The number of aromatic nitrogens is 1. The van der Waals surface area contributed by atoms with Gasteiger partial charge in [0.1, 0.15) is 5.15 Å². The van der Waals surface area contributed by atoms with Crippen LogP contribution in [0.4, 0.5) is 0 Å². The van der Waals surface area contributed by atoms with Gasteiger partial charge in [0.25, 0.3) is 0 Å². The van der Waals surface area contributed by atoms with E-state index in [0.717, 1.165) is 38.2 Å². The highest BCUT2D eigenvalue weighted by Crippen LogP contribution is 2.15. The van der Waals surface area contributed by atoms with E-state index in [4.69, 9.17) is 21.1 Å². The predicted molar refractivity (Wildman–Crippen MR) is 62.4 cm³/mol. The molecule has 0 N–H and O–H groups in total. The minimum absolute atomic E-state index is 0.521. The largest absolute Gasteiger partial charge is 0.381 e. The van der Waals surface area contributed by atoms with E-state index in [-0.39, 0.29) is 0 Å². The second-order valence-corrected chi connectivity index (χ2v) is 4.45. The van der Waals surface area contributed by atoms with Crippen LogP contribution in [0.3, 0.4) is 0 Å². The average molecular weight is 242 g/mol. The van der Waals surface area contributed by atoms with E-state index >= 15 is 0 Å². The topological polar surface area (TPSA) is 31.4 Å². The summed E-state index contributed by atoms with van der Waals surface area (Å²) in [4.78, 5) is 4.01. The zero-order valence-corrected chi connectivity index (χ0v) is 9.95. The highest BCUT2D eigenvalue weighted by molar-refractivity contribution is 6.29. The normalized spacial score (nSPS) is 17.6. The molecule has 1 fully saturated rings. The van der Waals surface area contributed by atoms with Gasteiger partial charge in [-0.3, -0.25) is 0 Å². The monoisotopic (exact) mass is 241 g/mol. The van der Waals surface area contributed by atoms with E-state index in [2.05, 4.69) is 4.98 Å². The van der Waals surface area contributed by atoms with E-state index < -0.39 is 0 Å². The van der Waals surface area contributed by atoms with Crippen molar-refractivity contribution in [3.8, 4) is 0 Å². The molecule has 1 aliphatic heterocycles. The first-order valence-corrected chi connectivity index (χ1v) is 5.98. The lowest BCUT2D eigenvalue weighted by Gasteiger charge is -2.21. The van der Waals surface area contributed by atoms with Crippen LogP contribution in [0.15, 0.2) is 18.3 Å². The molecular weight excluding hydrogens is 226 g/mol. The molecular formula is C12H16ClNO2. The fourth-order valence-corrected chi connectivity index (χ4v) is 1.86. The summed E-state index contributed by atoms with van der Waals surface area (Å²) in [7, 11) is 0. The highest BCUT2D eigenvalue weighted by atomic mass is 35.5. The fourth-order valence-electron chi connectivity index (χ4n) is 1.75. The molecule has 1 aromatic heterocycles. The zero-order valence-electron chi connectivity index (χ0n) is 9.19. The van der Waals surface area contributed by atoms with Gasteiger partial charge in [-0.15, -0.1) is 0 Å². The van der Waals surface area contributed by atoms with Gasteiger partial charge in [0.05, 0.1) is 13.2 Å². The van der Waals surface area contributed by atoms with Crippen LogP contribution in [-0.2, 0) is 16.1 Å². The van der Waals surface area contributed by atoms with Crippen LogP contribution in [0.5, 0.6) is 0 Å². The average Bonchev–Trinajstić information content (AvgIpc) is 2.33. The predicted octanol–water partition coefficient (Wildman–Crippen LogP) is 2.68. The number of hydrogen-bond acceptors (Lipinski definition) is 3. The van der Waals surface area contributed by atoms with E-state index in [1.54, 1.807) is 12.3 Å². The van der Waals surface area contributed by atoms with Crippen LogP contribution in [0.25, 0.3) is 0 Å². The third-order valence-electron chi connectivity index (χ3n) is 2.75. The minimum atomic E-state index is 0.521. The molecule has 1 aliphatic rings. The lowest BCUT2D eigenvalue weighted by molar-refractivity contribution is 0.0157. The molecule has 4 heteroatoms. The van der Waals surface area contributed by atoms with Crippen LogP contribution < -0.4 is 0 Å². The van der Waals surface area contributed by atoms with Crippen molar-refractivity contribution in [3.05, 3.63) is 29.0 Å². The maximum Gasteiger partial charge on any atom is 0.129 e. The van der Waals surface area contributed by atoms with Gasteiger partial charge in [-0.2, -0.15) is 0 Å². The van der Waals surface area contributed by atoms with E-state index in [9.17, 15) is 0 Å². The molecule has 2 rings (SSSR count). The number of nitrogens with zero attached hydrogens (tertiary/aromatic N) is 1. The van der Waals surface area contributed by atoms with E-state index in [1.807, 2.05) is 6.07 Å². The van der Waals surface area contributed by atoms with Gasteiger partial charge in [0.2, 0.25) is 0 Å². The smallest absolute Gasteiger partial charge is 0.129 e.